The van der Waals surface area contributed by atoms with Crippen molar-refractivity contribution in [2.45, 2.75) is 6.92 Å². The molecule has 2 rings (SSSR count). The number of benzene rings is 1. The molecule has 0 fully saturated rings. The molecule has 1 aromatic carbocycles. The van der Waals surface area contributed by atoms with Gasteiger partial charge in [-0.05, 0) is 18.6 Å². The van der Waals surface area contributed by atoms with Crippen LogP contribution in [0.15, 0.2) is 24.3 Å². The van der Waals surface area contributed by atoms with E-state index in [1.165, 1.54) is 5.39 Å². The van der Waals surface area contributed by atoms with E-state index in [4.69, 9.17) is 0 Å². The number of nitrogens with zero attached hydrogens (tertiary/aromatic N) is 1. The molecule has 0 radical (unpaired) electrons. The van der Waals surface area contributed by atoms with Gasteiger partial charge in [0.15, 0.2) is 0 Å². The molecule has 0 spiro atoms. The first kappa shape index (κ1) is 9.34. The van der Waals surface area contributed by atoms with E-state index in [1.54, 1.807) is 0 Å². The van der Waals surface area contributed by atoms with Crippen molar-refractivity contribution in [3.8, 4) is 0 Å². The van der Waals surface area contributed by atoms with Crippen LogP contribution in [0, 0.1) is 6.92 Å². The summed E-state index contributed by atoms with van der Waals surface area (Å²) in [6.07, 6.45) is 4.07. The smallest absolute Gasteiger partial charge is 0.0929 e. The van der Waals surface area contributed by atoms with Gasteiger partial charge in [-0.25, -0.2) is 0 Å². The molecule has 2 aromatic rings. The van der Waals surface area contributed by atoms with Crippen LogP contribution in [0.1, 0.15) is 11.3 Å². The van der Waals surface area contributed by atoms with E-state index in [9.17, 15) is 0 Å². The fourth-order valence-corrected chi connectivity index (χ4v) is 1.56. The number of H-pyrrole nitrogens is 1. The molecular weight excluding hydrogens is 192 g/mol. The predicted molar refractivity (Wildman–Crippen MR) is 63.7 cm³/mol. The van der Waals surface area contributed by atoms with Crippen LogP contribution < -0.4 is 0 Å². The maximum Gasteiger partial charge on any atom is 0.0929 e. The van der Waals surface area contributed by atoms with Gasteiger partial charge in [0.25, 0.3) is 0 Å². The van der Waals surface area contributed by atoms with Crippen LogP contribution in [-0.4, -0.2) is 16.0 Å². The predicted octanol–water partition coefficient (Wildman–Crippen LogP) is 2.81. The molecule has 2 nitrogen and oxygen atoms in total. The van der Waals surface area contributed by atoms with Crippen LogP contribution in [-0.2, 0) is 0 Å². The van der Waals surface area contributed by atoms with Gasteiger partial charge in [0.1, 0.15) is 0 Å². The Morgan fingerprint density at radius 1 is 1.50 bits per heavy atom. The molecule has 1 aromatic heterocycles. The summed E-state index contributed by atoms with van der Waals surface area (Å²) in [6.45, 7) is 2.03. The molecule has 0 saturated carbocycles. The summed E-state index contributed by atoms with van der Waals surface area (Å²) >= 11 is 4.12. The molecule has 14 heavy (non-hydrogen) atoms. The summed E-state index contributed by atoms with van der Waals surface area (Å²) < 4.78 is 0. The lowest BCUT2D eigenvalue weighted by atomic mass is 10.1. The second-order valence-electron chi connectivity index (χ2n) is 3.21. The molecule has 0 aliphatic heterocycles. The summed E-state index contributed by atoms with van der Waals surface area (Å²) in [7, 11) is 0. The lowest BCUT2D eigenvalue weighted by molar-refractivity contribution is 1.07. The number of fused-ring (bicyclic) bond motifs is 1. The Morgan fingerprint density at radius 3 is 3.14 bits per heavy atom. The molecule has 3 heteroatoms. The van der Waals surface area contributed by atoms with Crippen molar-refractivity contribution in [3.63, 3.8) is 0 Å². The Balaban J connectivity index is 2.47. The van der Waals surface area contributed by atoms with Crippen LogP contribution in [0.5, 0.6) is 0 Å². The quantitative estimate of drug-likeness (QED) is 0.723. The topological polar surface area (TPSA) is 28.7 Å². The van der Waals surface area contributed by atoms with Gasteiger partial charge < -0.3 is 0 Å². The van der Waals surface area contributed by atoms with Gasteiger partial charge in [0, 0.05) is 16.8 Å². The van der Waals surface area contributed by atoms with Crippen molar-refractivity contribution in [1.29, 1.82) is 0 Å². The lowest BCUT2D eigenvalue weighted by Gasteiger charge is -1.93. The first-order valence-electron chi connectivity index (χ1n) is 4.53. The van der Waals surface area contributed by atoms with Crippen molar-refractivity contribution in [2.24, 2.45) is 0 Å². The normalized spacial score (nSPS) is 11.6. The van der Waals surface area contributed by atoms with Gasteiger partial charge >= 0.3 is 0 Å². The molecule has 0 atom stereocenters. The zero-order valence-electron chi connectivity index (χ0n) is 7.99. The number of hydrogen-bond donors (Lipinski definition) is 2. The first-order valence-corrected chi connectivity index (χ1v) is 5.16. The standard InChI is InChI=1S/C11H12N2S/c1-8-10-5-4-9(3-2-6-14)7-11(10)13-12-8/h2-5,7,14H,6H2,1H3,(H,12,13). The number of rotatable bonds is 2. The van der Waals surface area contributed by atoms with E-state index in [-0.39, 0.29) is 0 Å². The fourth-order valence-electron chi connectivity index (χ4n) is 1.46. The van der Waals surface area contributed by atoms with Gasteiger partial charge in [-0.3, -0.25) is 5.10 Å². The minimum atomic E-state index is 0.762. The largest absolute Gasteiger partial charge is 0.282 e. The van der Waals surface area contributed by atoms with Gasteiger partial charge in [-0.15, -0.1) is 0 Å². The lowest BCUT2D eigenvalue weighted by Crippen LogP contribution is -1.74. The van der Waals surface area contributed by atoms with Gasteiger partial charge in [-0.1, -0.05) is 24.3 Å². The molecule has 0 bridgehead atoms. The molecule has 0 amide bonds. The Morgan fingerprint density at radius 2 is 2.36 bits per heavy atom. The van der Waals surface area contributed by atoms with E-state index < -0.39 is 0 Å². The van der Waals surface area contributed by atoms with Crippen LogP contribution in [0.25, 0.3) is 17.0 Å². The average molecular weight is 204 g/mol. The Hall–Kier alpha value is -1.22. The van der Waals surface area contributed by atoms with E-state index >= 15 is 0 Å². The SMILES string of the molecule is Cc1[nH]nc2cc(C=CCS)ccc12. The van der Waals surface area contributed by atoms with Crippen LogP contribution >= 0.6 is 12.6 Å². The van der Waals surface area contributed by atoms with Gasteiger partial charge in [-0.2, -0.15) is 17.7 Å². The summed E-state index contributed by atoms with van der Waals surface area (Å²) in [5, 5.41) is 8.37. The van der Waals surface area contributed by atoms with Crippen LogP contribution in [0.3, 0.4) is 0 Å². The molecule has 0 aliphatic rings. The molecule has 1 heterocycles. The van der Waals surface area contributed by atoms with Crippen molar-refractivity contribution >= 4 is 29.6 Å². The molecule has 0 saturated heterocycles. The third-order valence-corrected chi connectivity index (χ3v) is 2.40. The summed E-state index contributed by atoms with van der Waals surface area (Å²) in [4.78, 5) is 0. The first-order chi connectivity index (χ1) is 6.81. The highest BCUT2D eigenvalue weighted by Crippen LogP contribution is 2.17. The van der Waals surface area contributed by atoms with E-state index in [1.807, 2.05) is 13.0 Å². The zero-order chi connectivity index (χ0) is 9.97. The number of aryl methyl sites for hydroxylation is 1. The van der Waals surface area contributed by atoms with Crippen molar-refractivity contribution in [2.75, 3.05) is 5.75 Å². The number of thiol groups is 1. The van der Waals surface area contributed by atoms with Crippen molar-refractivity contribution in [1.82, 2.24) is 10.2 Å². The summed E-state index contributed by atoms with van der Waals surface area (Å²) in [5.41, 5.74) is 3.30. The molecule has 0 aliphatic carbocycles. The molecular formula is C11H12N2S. The minimum absolute atomic E-state index is 0.762. The molecule has 72 valence electrons. The summed E-state index contributed by atoms with van der Waals surface area (Å²) in [5.74, 6) is 0.762. The second kappa shape index (κ2) is 3.88. The third-order valence-electron chi connectivity index (χ3n) is 2.19. The van der Waals surface area contributed by atoms with Crippen LogP contribution in [0.2, 0.25) is 0 Å². The van der Waals surface area contributed by atoms with Gasteiger partial charge in [0.2, 0.25) is 0 Å². The summed E-state index contributed by atoms with van der Waals surface area (Å²) in [6, 6.07) is 6.25. The number of aromatic amines is 1. The van der Waals surface area contributed by atoms with Crippen molar-refractivity contribution < 1.29 is 0 Å². The zero-order valence-corrected chi connectivity index (χ0v) is 8.88. The Kier molecular flexibility index (Phi) is 2.59. The van der Waals surface area contributed by atoms with Crippen molar-refractivity contribution in [3.05, 3.63) is 35.5 Å². The highest BCUT2D eigenvalue weighted by atomic mass is 32.1. The average Bonchev–Trinajstić information content (AvgIpc) is 2.57. The number of hydrogen-bond acceptors (Lipinski definition) is 2. The maximum absolute atomic E-state index is 4.21. The molecule has 0 unspecified atom stereocenters. The third kappa shape index (κ3) is 1.68. The minimum Gasteiger partial charge on any atom is -0.282 e. The molecule has 1 N–H and O–H groups in total. The number of nitrogens with one attached hydrogen (secondary N) is 1. The Labute approximate surface area is 88.4 Å². The second-order valence-corrected chi connectivity index (χ2v) is 3.58. The Bertz CT molecular complexity index is 471. The van der Waals surface area contributed by atoms with Crippen LogP contribution in [0.4, 0.5) is 0 Å². The fraction of sp³-hybridized carbons (Fsp3) is 0.182. The highest BCUT2D eigenvalue weighted by molar-refractivity contribution is 7.80. The van der Waals surface area contributed by atoms with Gasteiger partial charge in [0.05, 0.1) is 5.52 Å². The maximum atomic E-state index is 4.21. The van der Waals surface area contributed by atoms with E-state index in [0.29, 0.717) is 0 Å². The van der Waals surface area contributed by atoms with E-state index in [0.717, 1.165) is 22.5 Å². The monoisotopic (exact) mass is 204 g/mol. The number of aromatic nitrogens is 2. The van der Waals surface area contributed by atoms with E-state index in [2.05, 4.69) is 47.1 Å². The highest BCUT2D eigenvalue weighted by Gasteiger charge is 1.99.